The van der Waals surface area contributed by atoms with E-state index in [0.717, 1.165) is 11.1 Å². The Kier molecular flexibility index (Phi) is 3.20. The van der Waals surface area contributed by atoms with Gasteiger partial charge in [0.05, 0.1) is 18.2 Å². The minimum atomic E-state index is -1.19. The molecular weight excluding hydrogens is 238 g/mol. The highest BCUT2D eigenvalue weighted by atomic mass is 16.5. The van der Waals surface area contributed by atoms with Gasteiger partial charge in [-0.2, -0.15) is 0 Å². The normalized spacial score (nSPS) is 14.9. The SMILES string of the molecule is Cc1c([C@H](O)CNC(=O)O)ccc2c1COC2=O. The molecule has 6 nitrogen and oxygen atoms in total. The Bertz CT molecular complexity index is 511. The molecule has 1 aliphatic rings. The Labute approximate surface area is 103 Å². The van der Waals surface area contributed by atoms with E-state index in [4.69, 9.17) is 9.84 Å². The van der Waals surface area contributed by atoms with Crippen molar-refractivity contribution in [3.8, 4) is 0 Å². The van der Waals surface area contributed by atoms with E-state index in [1.165, 1.54) is 0 Å². The molecule has 0 saturated heterocycles. The topological polar surface area (TPSA) is 95.9 Å². The Morgan fingerprint density at radius 3 is 2.94 bits per heavy atom. The molecule has 0 bridgehead atoms. The van der Waals surface area contributed by atoms with Crippen LogP contribution >= 0.6 is 0 Å². The van der Waals surface area contributed by atoms with Gasteiger partial charge in [-0.05, 0) is 24.1 Å². The Balaban J connectivity index is 2.25. The summed E-state index contributed by atoms with van der Waals surface area (Å²) in [6, 6.07) is 3.21. The van der Waals surface area contributed by atoms with Gasteiger partial charge in [0.1, 0.15) is 6.61 Å². The smallest absolute Gasteiger partial charge is 0.404 e. The van der Waals surface area contributed by atoms with Crippen LogP contribution in [0.5, 0.6) is 0 Å². The maximum absolute atomic E-state index is 11.3. The summed E-state index contributed by atoms with van der Waals surface area (Å²) in [5.74, 6) is -0.363. The van der Waals surface area contributed by atoms with Crippen molar-refractivity contribution in [1.29, 1.82) is 0 Å². The average molecular weight is 251 g/mol. The van der Waals surface area contributed by atoms with Crippen LogP contribution in [0.2, 0.25) is 0 Å². The molecule has 0 fully saturated rings. The van der Waals surface area contributed by atoms with Crippen LogP contribution < -0.4 is 5.32 Å². The first kappa shape index (κ1) is 12.4. The Morgan fingerprint density at radius 1 is 1.56 bits per heavy atom. The Morgan fingerprint density at radius 2 is 2.28 bits per heavy atom. The monoisotopic (exact) mass is 251 g/mol. The van der Waals surface area contributed by atoms with Crippen molar-refractivity contribution in [1.82, 2.24) is 5.32 Å². The molecule has 0 radical (unpaired) electrons. The summed E-state index contributed by atoms with van der Waals surface area (Å²) < 4.78 is 4.91. The second-order valence-corrected chi connectivity index (χ2v) is 4.08. The number of fused-ring (bicyclic) bond motifs is 1. The summed E-state index contributed by atoms with van der Waals surface area (Å²) in [6.07, 6.45) is -2.13. The van der Waals surface area contributed by atoms with E-state index in [1.807, 2.05) is 0 Å². The lowest BCUT2D eigenvalue weighted by atomic mass is 9.95. The molecule has 0 aliphatic carbocycles. The number of hydrogen-bond donors (Lipinski definition) is 3. The van der Waals surface area contributed by atoms with Gasteiger partial charge in [-0.15, -0.1) is 0 Å². The molecule has 0 spiro atoms. The first-order valence-corrected chi connectivity index (χ1v) is 5.45. The van der Waals surface area contributed by atoms with E-state index >= 15 is 0 Å². The quantitative estimate of drug-likeness (QED) is 0.695. The van der Waals surface area contributed by atoms with E-state index in [0.29, 0.717) is 11.1 Å². The van der Waals surface area contributed by atoms with Crippen LogP contribution in [0.3, 0.4) is 0 Å². The van der Waals surface area contributed by atoms with E-state index in [-0.39, 0.29) is 19.1 Å². The number of carbonyl (C=O) groups excluding carboxylic acids is 1. The number of carboxylic acid groups (broad SMARTS) is 1. The summed E-state index contributed by atoms with van der Waals surface area (Å²) >= 11 is 0. The molecule has 1 aliphatic heterocycles. The van der Waals surface area contributed by atoms with Gasteiger partial charge >= 0.3 is 12.1 Å². The van der Waals surface area contributed by atoms with Gasteiger partial charge in [-0.25, -0.2) is 9.59 Å². The lowest BCUT2D eigenvalue weighted by Gasteiger charge is -2.15. The summed E-state index contributed by atoms with van der Waals surface area (Å²) in [5, 5.41) is 20.5. The number of hydrogen-bond acceptors (Lipinski definition) is 4. The lowest BCUT2D eigenvalue weighted by molar-refractivity contribution is 0.0535. The number of benzene rings is 1. The van der Waals surface area contributed by atoms with Crippen LogP contribution in [-0.4, -0.2) is 28.8 Å². The third-order valence-electron chi connectivity index (χ3n) is 3.01. The maximum Gasteiger partial charge on any atom is 0.404 e. The zero-order chi connectivity index (χ0) is 13.3. The molecule has 1 aromatic rings. The fourth-order valence-electron chi connectivity index (χ4n) is 2.02. The van der Waals surface area contributed by atoms with Crippen LogP contribution in [0, 0.1) is 6.92 Å². The van der Waals surface area contributed by atoms with Crippen molar-refractivity contribution in [2.45, 2.75) is 19.6 Å². The predicted molar refractivity (Wildman–Crippen MR) is 61.3 cm³/mol. The summed E-state index contributed by atoms with van der Waals surface area (Å²) in [5.41, 5.74) is 2.63. The molecule has 1 aromatic carbocycles. The minimum Gasteiger partial charge on any atom is -0.465 e. The molecule has 1 heterocycles. The van der Waals surface area contributed by atoms with E-state index in [1.54, 1.807) is 19.1 Å². The summed E-state index contributed by atoms with van der Waals surface area (Å²) in [4.78, 5) is 21.7. The molecule has 6 heteroatoms. The van der Waals surface area contributed by atoms with Crippen molar-refractivity contribution in [2.75, 3.05) is 6.54 Å². The maximum atomic E-state index is 11.3. The number of carbonyl (C=O) groups is 2. The molecule has 1 atom stereocenters. The number of aliphatic hydroxyl groups is 1. The van der Waals surface area contributed by atoms with Crippen molar-refractivity contribution < 1.29 is 24.5 Å². The standard InChI is InChI=1S/C12H13NO5/c1-6-7(10(14)4-13-12(16)17)2-3-8-9(6)5-18-11(8)15/h2-3,10,13-14H,4-5H2,1H3,(H,16,17)/t10-/m1/s1. The van der Waals surface area contributed by atoms with Crippen molar-refractivity contribution >= 4 is 12.1 Å². The lowest BCUT2D eigenvalue weighted by Crippen LogP contribution is -2.27. The summed E-state index contributed by atoms with van der Waals surface area (Å²) in [7, 11) is 0. The highest BCUT2D eigenvalue weighted by molar-refractivity contribution is 5.93. The number of rotatable bonds is 3. The number of cyclic esters (lactones) is 1. The van der Waals surface area contributed by atoms with Crippen LogP contribution in [0.1, 0.15) is 33.2 Å². The largest absolute Gasteiger partial charge is 0.465 e. The zero-order valence-corrected chi connectivity index (χ0v) is 9.77. The highest BCUT2D eigenvalue weighted by Crippen LogP contribution is 2.28. The molecule has 0 aromatic heterocycles. The Hall–Kier alpha value is -2.08. The number of aliphatic hydroxyl groups excluding tert-OH is 1. The molecule has 1 amide bonds. The number of amides is 1. The minimum absolute atomic E-state index is 0.0935. The van der Waals surface area contributed by atoms with Gasteiger partial charge in [-0.3, -0.25) is 0 Å². The van der Waals surface area contributed by atoms with Gasteiger partial charge < -0.3 is 20.3 Å². The van der Waals surface area contributed by atoms with E-state index < -0.39 is 12.2 Å². The molecule has 0 saturated carbocycles. The van der Waals surface area contributed by atoms with E-state index in [9.17, 15) is 14.7 Å². The highest BCUT2D eigenvalue weighted by Gasteiger charge is 2.25. The van der Waals surface area contributed by atoms with Crippen LogP contribution in [-0.2, 0) is 11.3 Å². The first-order chi connectivity index (χ1) is 8.50. The van der Waals surface area contributed by atoms with Crippen LogP contribution in [0.4, 0.5) is 4.79 Å². The van der Waals surface area contributed by atoms with Crippen molar-refractivity contribution in [3.63, 3.8) is 0 Å². The molecule has 2 rings (SSSR count). The van der Waals surface area contributed by atoms with Crippen LogP contribution in [0.15, 0.2) is 12.1 Å². The second kappa shape index (κ2) is 4.66. The molecule has 0 unspecified atom stereocenters. The second-order valence-electron chi connectivity index (χ2n) is 4.08. The van der Waals surface area contributed by atoms with Gasteiger partial charge in [0.25, 0.3) is 0 Å². The third kappa shape index (κ3) is 2.14. The predicted octanol–water partition coefficient (Wildman–Crippen LogP) is 0.966. The average Bonchev–Trinajstić information content (AvgIpc) is 2.69. The first-order valence-electron chi connectivity index (χ1n) is 5.45. The molecule has 18 heavy (non-hydrogen) atoms. The van der Waals surface area contributed by atoms with Crippen LogP contribution in [0.25, 0.3) is 0 Å². The van der Waals surface area contributed by atoms with Gasteiger partial charge in [0.2, 0.25) is 0 Å². The number of esters is 1. The van der Waals surface area contributed by atoms with Crippen molar-refractivity contribution in [3.05, 3.63) is 34.4 Å². The number of ether oxygens (including phenoxy) is 1. The van der Waals surface area contributed by atoms with Gasteiger partial charge in [0, 0.05) is 5.56 Å². The van der Waals surface area contributed by atoms with Crippen molar-refractivity contribution in [2.24, 2.45) is 0 Å². The molecular formula is C12H13NO5. The zero-order valence-electron chi connectivity index (χ0n) is 9.77. The van der Waals surface area contributed by atoms with E-state index in [2.05, 4.69) is 5.32 Å². The van der Waals surface area contributed by atoms with Gasteiger partial charge in [-0.1, -0.05) is 6.07 Å². The molecule has 3 N–H and O–H groups in total. The number of nitrogens with one attached hydrogen (secondary N) is 1. The summed E-state index contributed by atoms with van der Waals surface area (Å²) in [6.45, 7) is 1.89. The van der Waals surface area contributed by atoms with Gasteiger partial charge in [0.15, 0.2) is 0 Å². The molecule has 96 valence electrons. The fourth-order valence-corrected chi connectivity index (χ4v) is 2.02. The fraction of sp³-hybridized carbons (Fsp3) is 0.333. The third-order valence-corrected chi connectivity index (χ3v) is 3.01.